The Morgan fingerprint density at radius 1 is 1.43 bits per heavy atom. The van der Waals surface area contributed by atoms with Gasteiger partial charge < -0.3 is 10.1 Å². The van der Waals surface area contributed by atoms with E-state index in [-0.39, 0.29) is 0 Å². The number of rotatable bonds is 1. The Morgan fingerprint density at radius 2 is 2.21 bits per heavy atom. The Balaban J connectivity index is 2.24. The van der Waals surface area contributed by atoms with Crippen molar-refractivity contribution in [2.45, 2.75) is 26.9 Å². The maximum Gasteiger partial charge on any atom is 0.143 e. The standard InChI is InChI=1S/C12H17NO/c1-8(2)12-7-13-10-5-4-9(3)6-11(10)14-12/h4-6,8,12-13H,7H2,1-3H3. The van der Waals surface area contributed by atoms with Gasteiger partial charge in [0, 0.05) is 0 Å². The van der Waals surface area contributed by atoms with Gasteiger partial charge in [0.2, 0.25) is 0 Å². The molecule has 0 saturated carbocycles. The number of ether oxygens (including phenoxy) is 1. The average molecular weight is 191 g/mol. The van der Waals surface area contributed by atoms with Gasteiger partial charge in [0.1, 0.15) is 11.9 Å². The third-order valence-electron chi connectivity index (χ3n) is 2.65. The van der Waals surface area contributed by atoms with Crippen molar-refractivity contribution >= 4 is 5.69 Å². The van der Waals surface area contributed by atoms with Crippen LogP contribution in [0.2, 0.25) is 0 Å². The van der Waals surface area contributed by atoms with Crippen LogP contribution in [0.3, 0.4) is 0 Å². The molecule has 0 radical (unpaired) electrons. The second-order valence-electron chi connectivity index (χ2n) is 4.28. The molecule has 2 rings (SSSR count). The molecule has 1 aliphatic rings. The zero-order valence-corrected chi connectivity index (χ0v) is 9.00. The summed E-state index contributed by atoms with van der Waals surface area (Å²) in [5, 5.41) is 3.40. The fraction of sp³-hybridized carbons (Fsp3) is 0.500. The van der Waals surface area contributed by atoms with Crippen molar-refractivity contribution in [3.63, 3.8) is 0 Å². The van der Waals surface area contributed by atoms with Gasteiger partial charge in [-0.2, -0.15) is 0 Å². The monoisotopic (exact) mass is 191 g/mol. The number of nitrogens with one attached hydrogen (secondary N) is 1. The molecular formula is C12H17NO. The Labute approximate surface area is 85.3 Å². The molecule has 0 amide bonds. The smallest absolute Gasteiger partial charge is 0.143 e. The molecule has 0 aromatic heterocycles. The maximum absolute atomic E-state index is 5.91. The van der Waals surface area contributed by atoms with Crippen molar-refractivity contribution in [1.82, 2.24) is 0 Å². The van der Waals surface area contributed by atoms with Crippen LogP contribution in [0.1, 0.15) is 19.4 Å². The van der Waals surface area contributed by atoms with Crippen LogP contribution >= 0.6 is 0 Å². The van der Waals surface area contributed by atoms with E-state index >= 15 is 0 Å². The van der Waals surface area contributed by atoms with E-state index in [1.807, 2.05) is 0 Å². The van der Waals surface area contributed by atoms with Crippen LogP contribution in [-0.4, -0.2) is 12.6 Å². The van der Waals surface area contributed by atoms with Crippen LogP contribution in [0.4, 0.5) is 5.69 Å². The quantitative estimate of drug-likeness (QED) is 0.737. The first kappa shape index (κ1) is 9.38. The van der Waals surface area contributed by atoms with Gasteiger partial charge in [-0.25, -0.2) is 0 Å². The Morgan fingerprint density at radius 3 is 2.93 bits per heavy atom. The molecule has 1 aromatic rings. The summed E-state index contributed by atoms with van der Waals surface area (Å²) < 4.78 is 5.91. The van der Waals surface area contributed by atoms with Gasteiger partial charge in [-0.1, -0.05) is 19.9 Å². The molecule has 1 atom stereocenters. The average Bonchev–Trinajstić information content (AvgIpc) is 2.16. The molecule has 14 heavy (non-hydrogen) atoms. The minimum atomic E-state index is 0.296. The summed E-state index contributed by atoms with van der Waals surface area (Å²) in [7, 11) is 0. The zero-order valence-electron chi connectivity index (χ0n) is 9.00. The Kier molecular flexibility index (Phi) is 2.36. The van der Waals surface area contributed by atoms with Crippen molar-refractivity contribution in [3.8, 4) is 5.75 Å². The molecule has 0 fully saturated rings. The van der Waals surface area contributed by atoms with Crippen molar-refractivity contribution in [1.29, 1.82) is 0 Å². The van der Waals surface area contributed by atoms with Crippen LogP contribution in [0.15, 0.2) is 18.2 Å². The SMILES string of the molecule is Cc1ccc2c(c1)OC(C(C)C)CN2. The van der Waals surface area contributed by atoms with Crippen LogP contribution < -0.4 is 10.1 Å². The molecule has 1 aliphatic heterocycles. The fourth-order valence-corrected chi connectivity index (χ4v) is 1.66. The lowest BCUT2D eigenvalue weighted by Crippen LogP contribution is -2.34. The molecule has 1 aromatic carbocycles. The summed E-state index contributed by atoms with van der Waals surface area (Å²) in [6.45, 7) is 7.37. The highest BCUT2D eigenvalue weighted by atomic mass is 16.5. The lowest BCUT2D eigenvalue weighted by Gasteiger charge is -2.30. The summed E-state index contributed by atoms with van der Waals surface area (Å²) in [5.41, 5.74) is 2.36. The van der Waals surface area contributed by atoms with E-state index < -0.39 is 0 Å². The number of hydrogen-bond donors (Lipinski definition) is 1. The molecule has 76 valence electrons. The highest BCUT2D eigenvalue weighted by molar-refractivity contribution is 5.59. The van der Waals surface area contributed by atoms with Gasteiger partial charge >= 0.3 is 0 Å². The molecule has 0 bridgehead atoms. The molecule has 0 spiro atoms. The molecule has 1 heterocycles. The highest BCUT2D eigenvalue weighted by Crippen LogP contribution is 2.31. The summed E-state index contributed by atoms with van der Waals surface area (Å²) in [6.07, 6.45) is 0.296. The maximum atomic E-state index is 5.91. The Hall–Kier alpha value is -1.18. The van der Waals surface area contributed by atoms with E-state index in [0.29, 0.717) is 12.0 Å². The van der Waals surface area contributed by atoms with Crippen LogP contribution in [-0.2, 0) is 0 Å². The molecule has 0 aliphatic carbocycles. The summed E-state index contributed by atoms with van der Waals surface area (Å²) in [5.74, 6) is 1.55. The third-order valence-corrected chi connectivity index (χ3v) is 2.65. The second kappa shape index (κ2) is 3.52. The van der Waals surface area contributed by atoms with E-state index in [0.717, 1.165) is 18.0 Å². The number of aryl methyl sites for hydroxylation is 1. The van der Waals surface area contributed by atoms with Gasteiger partial charge in [0.15, 0.2) is 0 Å². The van der Waals surface area contributed by atoms with Crippen molar-refractivity contribution in [2.75, 3.05) is 11.9 Å². The summed E-state index contributed by atoms with van der Waals surface area (Å²) in [4.78, 5) is 0. The van der Waals surface area contributed by atoms with Crippen LogP contribution in [0.25, 0.3) is 0 Å². The van der Waals surface area contributed by atoms with Crippen molar-refractivity contribution < 1.29 is 4.74 Å². The van der Waals surface area contributed by atoms with Gasteiger partial charge in [0.05, 0.1) is 12.2 Å². The lowest BCUT2D eigenvalue weighted by atomic mass is 10.1. The minimum absolute atomic E-state index is 0.296. The van der Waals surface area contributed by atoms with E-state index in [1.54, 1.807) is 0 Å². The predicted octanol–water partition coefficient (Wildman–Crippen LogP) is 2.82. The Bertz CT molecular complexity index is 333. The third kappa shape index (κ3) is 1.69. The largest absolute Gasteiger partial charge is 0.486 e. The molecule has 2 nitrogen and oxygen atoms in total. The molecule has 1 N–H and O–H groups in total. The highest BCUT2D eigenvalue weighted by Gasteiger charge is 2.21. The zero-order chi connectivity index (χ0) is 10.1. The molecular weight excluding hydrogens is 174 g/mol. The van der Waals surface area contributed by atoms with Crippen molar-refractivity contribution in [2.24, 2.45) is 5.92 Å². The van der Waals surface area contributed by atoms with Crippen molar-refractivity contribution in [3.05, 3.63) is 23.8 Å². The number of anilines is 1. The normalized spacial score (nSPS) is 19.9. The number of hydrogen-bond acceptors (Lipinski definition) is 2. The van der Waals surface area contributed by atoms with E-state index in [9.17, 15) is 0 Å². The predicted molar refractivity (Wildman–Crippen MR) is 58.9 cm³/mol. The number of fused-ring (bicyclic) bond motifs is 1. The first-order chi connectivity index (χ1) is 6.66. The molecule has 0 saturated heterocycles. The van der Waals surface area contributed by atoms with Gasteiger partial charge in [-0.15, -0.1) is 0 Å². The lowest BCUT2D eigenvalue weighted by molar-refractivity contribution is 0.156. The van der Waals surface area contributed by atoms with Gasteiger partial charge in [-0.05, 0) is 30.5 Å². The first-order valence-electron chi connectivity index (χ1n) is 5.18. The van der Waals surface area contributed by atoms with E-state index in [1.165, 1.54) is 5.56 Å². The molecule has 1 unspecified atom stereocenters. The van der Waals surface area contributed by atoms with Crippen LogP contribution in [0.5, 0.6) is 5.75 Å². The van der Waals surface area contributed by atoms with E-state index in [2.05, 4.69) is 44.3 Å². The van der Waals surface area contributed by atoms with Gasteiger partial charge in [0.25, 0.3) is 0 Å². The second-order valence-corrected chi connectivity index (χ2v) is 4.28. The number of benzene rings is 1. The van der Waals surface area contributed by atoms with Crippen LogP contribution in [0, 0.1) is 12.8 Å². The fourth-order valence-electron chi connectivity index (χ4n) is 1.66. The first-order valence-corrected chi connectivity index (χ1v) is 5.18. The summed E-state index contributed by atoms with van der Waals surface area (Å²) in [6, 6.07) is 6.28. The van der Waals surface area contributed by atoms with E-state index in [4.69, 9.17) is 4.74 Å². The van der Waals surface area contributed by atoms with Gasteiger partial charge in [-0.3, -0.25) is 0 Å². The minimum Gasteiger partial charge on any atom is -0.486 e. The molecule has 2 heteroatoms. The summed E-state index contributed by atoms with van der Waals surface area (Å²) >= 11 is 0. The topological polar surface area (TPSA) is 21.3 Å².